The van der Waals surface area contributed by atoms with Crippen molar-refractivity contribution in [1.29, 1.82) is 0 Å². The number of nitrogens with zero attached hydrogens (tertiary/aromatic N) is 3. The van der Waals surface area contributed by atoms with Gasteiger partial charge in [0.1, 0.15) is 0 Å². The number of rotatable bonds is 5. The van der Waals surface area contributed by atoms with E-state index in [-0.39, 0.29) is 0 Å². The summed E-state index contributed by atoms with van der Waals surface area (Å²) in [5, 5.41) is 6.74. The van der Waals surface area contributed by atoms with Crippen LogP contribution in [-0.2, 0) is 12.8 Å². The summed E-state index contributed by atoms with van der Waals surface area (Å²) >= 11 is 18.7. The third-order valence-corrected chi connectivity index (χ3v) is 5.61. The van der Waals surface area contributed by atoms with Gasteiger partial charge in [0.15, 0.2) is 0 Å². The SMILES string of the molecule is Cc1c(CCc2ccccn2)nn(-c2ccc(Cl)cc2Cl)c1-c1ccc(Cl)cc1. The van der Waals surface area contributed by atoms with Crippen LogP contribution in [0.1, 0.15) is 17.0 Å². The van der Waals surface area contributed by atoms with Crippen molar-refractivity contribution in [2.24, 2.45) is 0 Å². The van der Waals surface area contributed by atoms with Crippen LogP contribution in [0.5, 0.6) is 0 Å². The van der Waals surface area contributed by atoms with E-state index in [0.717, 1.165) is 46.7 Å². The lowest BCUT2D eigenvalue weighted by Crippen LogP contribution is -2.01. The molecule has 3 nitrogen and oxygen atoms in total. The van der Waals surface area contributed by atoms with Crippen LogP contribution in [0.2, 0.25) is 15.1 Å². The molecule has 0 saturated heterocycles. The second-order valence-corrected chi connectivity index (χ2v) is 8.04. The fraction of sp³-hybridized carbons (Fsp3) is 0.130. The quantitative estimate of drug-likeness (QED) is 0.333. The highest BCUT2D eigenvalue weighted by atomic mass is 35.5. The van der Waals surface area contributed by atoms with Gasteiger partial charge in [-0.05, 0) is 67.8 Å². The van der Waals surface area contributed by atoms with Crippen molar-refractivity contribution in [2.45, 2.75) is 19.8 Å². The Labute approximate surface area is 184 Å². The first kappa shape index (κ1) is 20.0. The summed E-state index contributed by atoms with van der Waals surface area (Å²) in [7, 11) is 0. The maximum atomic E-state index is 6.51. The maximum Gasteiger partial charge on any atom is 0.0840 e. The fourth-order valence-corrected chi connectivity index (χ4v) is 3.96. The van der Waals surface area contributed by atoms with E-state index in [1.807, 2.05) is 65.5 Å². The fourth-order valence-electron chi connectivity index (χ4n) is 3.35. The van der Waals surface area contributed by atoms with Gasteiger partial charge in [-0.2, -0.15) is 5.10 Å². The van der Waals surface area contributed by atoms with Crippen LogP contribution >= 0.6 is 34.8 Å². The Hall–Kier alpha value is -2.33. The third-order valence-electron chi connectivity index (χ3n) is 4.82. The predicted molar refractivity (Wildman–Crippen MR) is 120 cm³/mol. The van der Waals surface area contributed by atoms with Gasteiger partial charge in [-0.15, -0.1) is 0 Å². The topological polar surface area (TPSA) is 30.7 Å². The molecule has 0 bridgehead atoms. The van der Waals surface area contributed by atoms with Gasteiger partial charge < -0.3 is 0 Å². The Bertz CT molecular complexity index is 1140. The maximum absolute atomic E-state index is 6.51. The number of pyridine rings is 1. The largest absolute Gasteiger partial charge is 0.261 e. The van der Waals surface area contributed by atoms with Crippen molar-refractivity contribution < 1.29 is 0 Å². The van der Waals surface area contributed by atoms with Crippen molar-refractivity contribution in [2.75, 3.05) is 0 Å². The molecule has 0 spiro atoms. The van der Waals surface area contributed by atoms with E-state index in [2.05, 4.69) is 11.9 Å². The first-order valence-electron chi connectivity index (χ1n) is 9.22. The Morgan fingerprint density at radius 3 is 2.31 bits per heavy atom. The van der Waals surface area contributed by atoms with E-state index < -0.39 is 0 Å². The second kappa shape index (κ2) is 8.58. The molecule has 2 aromatic heterocycles. The Kier molecular flexibility index (Phi) is 5.91. The van der Waals surface area contributed by atoms with Crippen LogP contribution in [0.25, 0.3) is 16.9 Å². The van der Waals surface area contributed by atoms with Crippen molar-refractivity contribution in [3.05, 3.63) is 98.9 Å². The van der Waals surface area contributed by atoms with Gasteiger partial charge >= 0.3 is 0 Å². The minimum absolute atomic E-state index is 0.548. The van der Waals surface area contributed by atoms with Gasteiger partial charge in [-0.25, -0.2) is 4.68 Å². The molecular weight excluding hydrogens is 425 g/mol. The average molecular weight is 443 g/mol. The van der Waals surface area contributed by atoms with E-state index in [1.165, 1.54) is 0 Å². The number of hydrogen-bond donors (Lipinski definition) is 0. The molecule has 2 aromatic carbocycles. The molecule has 0 amide bonds. The summed E-state index contributed by atoms with van der Waals surface area (Å²) in [6, 6.07) is 19.1. The van der Waals surface area contributed by atoms with Crippen LogP contribution in [-0.4, -0.2) is 14.8 Å². The molecule has 0 unspecified atom stereocenters. The Morgan fingerprint density at radius 1 is 0.862 bits per heavy atom. The summed E-state index contributed by atoms with van der Waals surface area (Å²) in [5.74, 6) is 0. The molecule has 4 rings (SSSR count). The molecule has 0 aliphatic rings. The average Bonchev–Trinajstić information content (AvgIpc) is 3.04. The number of aryl methyl sites for hydroxylation is 2. The molecule has 4 aromatic rings. The van der Waals surface area contributed by atoms with E-state index in [9.17, 15) is 0 Å². The minimum atomic E-state index is 0.548. The van der Waals surface area contributed by atoms with Crippen LogP contribution in [0.15, 0.2) is 66.9 Å². The molecular formula is C23H18Cl3N3. The van der Waals surface area contributed by atoms with Gasteiger partial charge in [0.05, 0.1) is 22.1 Å². The summed E-state index contributed by atoms with van der Waals surface area (Å²) in [6.45, 7) is 2.09. The van der Waals surface area contributed by atoms with Crippen molar-refractivity contribution in [1.82, 2.24) is 14.8 Å². The smallest absolute Gasteiger partial charge is 0.0840 e. The van der Waals surface area contributed by atoms with Crippen LogP contribution in [0.3, 0.4) is 0 Å². The first-order chi connectivity index (χ1) is 14.0. The third kappa shape index (κ3) is 4.32. The highest BCUT2D eigenvalue weighted by Crippen LogP contribution is 2.33. The lowest BCUT2D eigenvalue weighted by molar-refractivity contribution is 0.810. The molecule has 0 aliphatic carbocycles. The van der Waals surface area contributed by atoms with Crippen LogP contribution in [0.4, 0.5) is 0 Å². The lowest BCUT2D eigenvalue weighted by Gasteiger charge is -2.11. The molecule has 6 heteroatoms. The lowest BCUT2D eigenvalue weighted by atomic mass is 10.0. The molecule has 0 fully saturated rings. The summed E-state index contributed by atoms with van der Waals surface area (Å²) < 4.78 is 1.89. The molecule has 29 heavy (non-hydrogen) atoms. The van der Waals surface area contributed by atoms with Gasteiger partial charge in [0.2, 0.25) is 0 Å². The Morgan fingerprint density at radius 2 is 1.62 bits per heavy atom. The molecule has 146 valence electrons. The number of halogens is 3. The zero-order valence-corrected chi connectivity index (χ0v) is 18.0. The number of benzene rings is 2. The van der Waals surface area contributed by atoms with E-state index in [1.54, 1.807) is 6.07 Å². The second-order valence-electron chi connectivity index (χ2n) is 6.76. The summed E-state index contributed by atoms with van der Waals surface area (Å²) in [5.41, 5.74) is 5.95. The molecule has 2 heterocycles. The molecule has 0 radical (unpaired) electrons. The van der Waals surface area contributed by atoms with Crippen molar-refractivity contribution in [3.8, 4) is 16.9 Å². The number of aromatic nitrogens is 3. The van der Waals surface area contributed by atoms with Gasteiger partial charge in [0.25, 0.3) is 0 Å². The standard InChI is InChI=1S/C23H18Cl3N3/c1-15-21(11-10-19-4-2-3-13-27-19)28-29(22-12-9-18(25)14-20(22)26)23(15)16-5-7-17(24)8-6-16/h2-9,12-14H,10-11H2,1H3. The number of hydrogen-bond acceptors (Lipinski definition) is 2. The van der Waals surface area contributed by atoms with Gasteiger partial charge in [-0.1, -0.05) is 53.0 Å². The van der Waals surface area contributed by atoms with Crippen LogP contribution in [0, 0.1) is 6.92 Å². The Balaban J connectivity index is 1.80. The van der Waals surface area contributed by atoms with Crippen molar-refractivity contribution in [3.63, 3.8) is 0 Å². The van der Waals surface area contributed by atoms with Gasteiger partial charge in [-0.3, -0.25) is 4.98 Å². The molecule has 0 saturated carbocycles. The van der Waals surface area contributed by atoms with E-state index in [0.29, 0.717) is 15.1 Å². The highest BCUT2D eigenvalue weighted by Gasteiger charge is 2.19. The van der Waals surface area contributed by atoms with Gasteiger partial charge in [0, 0.05) is 27.5 Å². The first-order valence-corrected chi connectivity index (χ1v) is 10.4. The van der Waals surface area contributed by atoms with E-state index >= 15 is 0 Å². The zero-order chi connectivity index (χ0) is 20.4. The van der Waals surface area contributed by atoms with Crippen molar-refractivity contribution >= 4 is 34.8 Å². The molecule has 0 aliphatic heterocycles. The minimum Gasteiger partial charge on any atom is -0.261 e. The summed E-state index contributed by atoms with van der Waals surface area (Å²) in [6.07, 6.45) is 3.40. The summed E-state index contributed by atoms with van der Waals surface area (Å²) in [4.78, 5) is 4.42. The molecule has 0 atom stereocenters. The predicted octanol–water partition coefficient (Wildman–Crippen LogP) is 6.99. The zero-order valence-electron chi connectivity index (χ0n) is 15.7. The normalized spacial score (nSPS) is 11.0. The van der Waals surface area contributed by atoms with E-state index in [4.69, 9.17) is 39.9 Å². The highest BCUT2D eigenvalue weighted by molar-refractivity contribution is 6.35. The van der Waals surface area contributed by atoms with Crippen LogP contribution < -0.4 is 0 Å². The monoisotopic (exact) mass is 441 g/mol. The molecule has 0 N–H and O–H groups in total.